The maximum Gasteiger partial charge on any atom is 0.356 e. The number of nitrogens with zero attached hydrogens (tertiary/aromatic N) is 2. The van der Waals surface area contributed by atoms with Gasteiger partial charge in [0.25, 0.3) is 10.0 Å². The molecular formula is C20H15N3O4S. The highest BCUT2D eigenvalue weighted by Crippen LogP contribution is 2.25. The van der Waals surface area contributed by atoms with Gasteiger partial charge in [0, 0.05) is 6.20 Å². The van der Waals surface area contributed by atoms with Gasteiger partial charge < -0.3 is 5.11 Å². The summed E-state index contributed by atoms with van der Waals surface area (Å²) in [5.74, 6) is -1.16. The second-order valence-electron chi connectivity index (χ2n) is 6.08. The van der Waals surface area contributed by atoms with Crippen molar-refractivity contribution in [2.75, 3.05) is 4.72 Å². The third-order valence-electron chi connectivity index (χ3n) is 4.23. The molecule has 7 nitrogen and oxygen atoms in total. The van der Waals surface area contributed by atoms with E-state index in [0.29, 0.717) is 5.69 Å². The number of benzene rings is 3. The van der Waals surface area contributed by atoms with Crippen molar-refractivity contribution in [3.05, 3.63) is 84.7 Å². The first kappa shape index (κ1) is 17.7. The maximum atomic E-state index is 12.9. The van der Waals surface area contributed by atoms with Gasteiger partial charge in [-0.05, 0) is 41.1 Å². The van der Waals surface area contributed by atoms with E-state index in [1.54, 1.807) is 42.5 Å². The Balaban J connectivity index is 1.72. The summed E-state index contributed by atoms with van der Waals surface area (Å²) >= 11 is 0. The number of aromatic carboxylic acids is 1. The third-order valence-corrected chi connectivity index (χ3v) is 5.60. The minimum Gasteiger partial charge on any atom is -0.476 e. The van der Waals surface area contributed by atoms with Crippen LogP contribution < -0.4 is 4.72 Å². The number of rotatable bonds is 5. The molecule has 0 aliphatic rings. The molecule has 0 saturated heterocycles. The Morgan fingerprint density at radius 1 is 0.929 bits per heavy atom. The van der Waals surface area contributed by atoms with Crippen LogP contribution in [-0.4, -0.2) is 29.3 Å². The molecule has 0 aliphatic heterocycles. The minimum absolute atomic E-state index is 0.132. The van der Waals surface area contributed by atoms with Crippen LogP contribution in [0.3, 0.4) is 0 Å². The smallest absolute Gasteiger partial charge is 0.356 e. The van der Waals surface area contributed by atoms with Crippen LogP contribution >= 0.6 is 0 Å². The van der Waals surface area contributed by atoms with Gasteiger partial charge >= 0.3 is 5.97 Å². The number of carboxylic acids is 1. The molecule has 140 valence electrons. The number of sulfonamides is 1. The summed E-state index contributed by atoms with van der Waals surface area (Å²) in [4.78, 5) is 11.2. The normalized spacial score (nSPS) is 11.4. The zero-order valence-electron chi connectivity index (χ0n) is 14.5. The summed E-state index contributed by atoms with van der Waals surface area (Å²) in [7, 11) is -3.85. The predicted octanol–water partition coefficient (Wildman–Crippen LogP) is 3.52. The fraction of sp³-hybridized carbons (Fsp3) is 0. The van der Waals surface area contributed by atoms with Crippen molar-refractivity contribution in [1.29, 1.82) is 0 Å². The summed E-state index contributed by atoms with van der Waals surface area (Å²) in [5, 5.41) is 14.8. The average molecular weight is 393 g/mol. The number of hydrogen-bond acceptors (Lipinski definition) is 4. The molecule has 3 aromatic carbocycles. The van der Waals surface area contributed by atoms with E-state index in [0.717, 1.165) is 10.8 Å². The molecule has 0 bridgehead atoms. The molecule has 28 heavy (non-hydrogen) atoms. The number of carboxylic acid groups (broad SMARTS) is 1. The first-order valence-corrected chi connectivity index (χ1v) is 9.82. The van der Waals surface area contributed by atoms with Crippen molar-refractivity contribution in [3.63, 3.8) is 0 Å². The van der Waals surface area contributed by atoms with Crippen molar-refractivity contribution in [2.24, 2.45) is 0 Å². The summed E-state index contributed by atoms with van der Waals surface area (Å²) in [6.45, 7) is 0. The van der Waals surface area contributed by atoms with E-state index in [9.17, 15) is 13.2 Å². The Bertz CT molecular complexity index is 1300. The molecule has 4 aromatic rings. The van der Waals surface area contributed by atoms with Crippen LogP contribution in [0.2, 0.25) is 0 Å². The highest BCUT2D eigenvalue weighted by Gasteiger charge is 2.18. The summed E-state index contributed by atoms with van der Waals surface area (Å²) < 4.78 is 29.7. The molecule has 0 unspecified atom stereocenters. The highest BCUT2D eigenvalue weighted by molar-refractivity contribution is 7.92. The van der Waals surface area contributed by atoms with Crippen molar-refractivity contribution < 1.29 is 18.3 Å². The molecule has 2 N–H and O–H groups in total. The lowest BCUT2D eigenvalue weighted by Gasteiger charge is -2.13. The van der Waals surface area contributed by atoms with Crippen LogP contribution in [0, 0.1) is 0 Å². The van der Waals surface area contributed by atoms with Crippen molar-refractivity contribution in [3.8, 4) is 5.69 Å². The number of anilines is 1. The van der Waals surface area contributed by atoms with Crippen molar-refractivity contribution in [1.82, 2.24) is 9.78 Å². The lowest BCUT2D eigenvalue weighted by Crippen LogP contribution is -2.15. The lowest BCUT2D eigenvalue weighted by molar-refractivity contribution is 0.0690. The number of para-hydroxylation sites is 2. The van der Waals surface area contributed by atoms with Crippen LogP contribution in [0.1, 0.15) is 10.5 Å². The SMILES string of the molecule is O=C(O)c1ccn(-c2ccccc2NS(=O)(=O)c2ccc3ccccc3c2)n1. The van der Waals surface area contributed by atoms with E-state index in [4.69, 9.17) is 5.11 Å². The number of fused-ring (bicyclic) bond motifs is 1. The van der Waals surface area contributed by atoms with Crippen LogP contribution in [0.25, 0.3) is 16.5 Å². The van der Waals surface area contributed by atoms with Crippen LogP contribution in [0.5, 0.6) is 0 Å². The highest BCUT2D eigenvalue weighted by atomic mass is 32.2. The summed E-state index contributed by atoms with van der Waals surface area (Å²) in [6.07, 6.45) is 1.46. The van der Waals surface area contributed by atoms with E-state index in [1.165, 1.54) is 16.9 Å². The second-order valence-corrected chi connectivity index (χ2v) is 7.76. The van der Waals surface area contributed by atoms with E-state index >= 15 is 0 Å². The molecule has 0 saturated carbocycles. The van der Waals surface area contributed by atoms with Crippen LogP contribution in [-0.2, 0) is 10.0 Å². The Labute approximate surface area is 160 Å². The molecule has 0 atom stereocenters. The minimum atomic E-state index is -3.85. The molecule has 0 aliphatic carbocycles. The topological polar surface area (TPSA) is 101 Å². The Morgan fingerprint density at radius 2 is 1.64 bits per heavy atom. The van der Waals surface area contributed by atoms with E-state index in [2.05, 4.69) is 9.82 Å². The number of aromatic nitrogens is 2. The zero-order valence-corrected chi connectivity index (χ0v) is 15.3. The van der Waals surface area contributed by atoms with E-state index < -0.39 is 16.0 Å². The van der Waals surface area contributed by atoms with Crippen LogP contribution in [0.4, 0.5) is 5.69 Å². The lowest BCUT2D eigenvalue weighted by atomic mass is 10.1. The molecule has 1 heterocycles. The molecule has 0 fully saturated rings. The van der Waals surface area contributed by atoms with Gasteiger partial charge in [-0.15, -0.1) is 0 Å². The van der Waals surface area contributed by atoms with Crippen LogP contribution in [0.15, 0.2) is 83.9 Å². The summed E-state index contributed by atoms with van der Waals surface area (Å²) in [6, 6.07) is 20.4. The monoisotopic (exact) mass is 393 g/mol. The molecule has 1 aromatic heterocycles. The third kappa shape index (κ3) is 3.33. The van der Waals surface area contributed by atoms with Gasteiger partial charge in [-0.2, -0.15) is 5.10 Å². The Morgan fingerprint density at radius 3 is 2.39 bits per heavy atom. The van der Waals surface area contributed by atoms with Gasteiger partial charge in [0.1, 0.15) is 0 Å². The van der Waals surface area contributed by atoms with Gasteiger partial charge in [-0.25, -0.2) is 17.9 Å². The molecule has 0 amide bonds. The fourth-order valence-electron chi connectivity index (χ4n) is 2.87. The number of carbonyl (C=O) groups is 1. The van der Waals surface area contributed by atoms with Crippen molar-refractivity contribution in [2.45, 2.75) is 4.90 Å². The molecule has 8 heteroatoms. The van der Waals surface area contributed by atoms with Gasteiger partial charge in [0.05, 0.1) is 16.3 Å². The Kier molecular flexibility index (Phi) is 4.32. The first-order chi connectivity index (χ1) is 13.4. The van der Waals surface area contributed by atoms with E-state index in [1.807, 2.05) is 24.3 Å². The molecule has 0 spiro atoms. The largest absolute Gasteiger partial charge is 0.476 e. The summed E-state index contributed by atoms with van der Waals surface area (Å²) in [5.41, 5.74) is 0.572. The Hall–Kier alpha value is -3.65. The van der Waals surface area contributed by atoms with E-state index in [-0.39, 0.29) is 16.3 Å². The van der Waals surface area contributed by atoms with Gasteiger partial charge in [0.2, 0.25) is 0 Å². The van der Waals surface area contributed by atoms with Gasteiger partial charge in [-0.3, -0.25) is 4.72 Å². The molecule has 4 rings (SSSR count). The maximum absolute atomic E-state index is 12.9. The second kappa shape index (κ2) is 6.82. The zero-order chi connectivity index (χ0) is 19.7. The predicted molar refractivity (Wildman–Crippen MR) is 105 cm³/mol. The average Bonchev–Trinajstić information content (AvgIpc) is 3.18. The van der Waals surface area contributed by atoms with Gasteiger partial charge in [-0.1, -0.05) is 42.5 Å². The number of hydrogen-bond donors (Lipinski definition) is 2. The first-order valence-electron chi connectivity index (χ1n) is 8.34. The molecular weight excluding hydrogens is 378 g/mol. The quantitative estimate of drug-likeness (QED) is 0.540. The standard InChI is InChI=1S/C20H15N3O4S/c24-20(25)18-11-12-23(21-18)19-8-4-3-7-17(19)22-28(26,27)16-10-9-14-5-1-2-6-15(14)13-16/h1-13,22H,(H,24,25). The molecule has 0 radical (unpaired) electrons. The van der Waals surface area contributed by atoms with Crippen molar-refractivity contribution >= 4 is 32.5 Å². The number of nitrogens with one attached hydrogen (secondary N) is 1. The fourth-order valence-corrected chi connectivity index (χ4v) is 3.98. The van der Waals surface area contributed by atoms with Gasteiger partial charge in [0.15, 0.2) is 5.69 Å².